The predicted molar refractivity (Wildman–Crippen MR) is 87.6 cm³/mol. The molecule has 5 heteroatoms. The van der Waals surface area contributed by atoms with Crippen LogP contribution in [0.15, 0.2) is 24.3 Å². The second-order valence-corrected chi connectivity index (χ2v) is 5.83. The zero-order valence-electron chi connectivity index (χ0n) is 12.3. The largest absolute Gasteiger partial charge is 0.354 e. The summed E-state index contributed by atoms with van der Waals surface area (Å²) in [6.07, 6.45) is 2.44. The quantitative estimate of drug-likeness (QED) is 0.854. The van der Waals surface area contributed by atoms with E-state index in [2.05, 4.69) is 20.6 Å². The molecule has 0 unspecified atom stereocenters. The molecule has 1 aromatic carbocycles. The summed E-state index contributed by atoms with van der Waals surface area (Å²) in [5.74, 6) is 2.09. The van der Waals surface area contributed by atoms with Gasteiger partial charge in [0.25, 0.3) is 0 Å². The average Bonchev–Trinajstić information content (AvgIpc) is 3.28. The highest BCUT2D eigenvalue weighted by molar-refractivity contribution is 6.30. The number of aryl methyl sites for hydroxylation is 1. The number of aromatic nitrogens is 2. The molecule has 0 aliphatic heterocycles. The van der Waals surface area contributed by atoms with Gasteiger partial charge >= 0.3 is 0 Å². The van der Waals surface area contributed by atoms with Crippen LogP contribution in [-0.4, -0.2) is 16.5 Å². The number of nitrogens with one attached hydrogen (secondary N) is 2. The van der Waals surface area contributed by atoms with Crippen molar-refractivity contribution in [2.75, 3.05) is 17.2 Å². The van der Waals surface area contributed by atoms with Crippen molar-refractivity contribution in [2.45, 2.75) is 32.6 Å². The SMILES string of the molecule is CCNc1nc(Nc2cc(Cl)ccc2C)cc(C2CC2)n1. The summed E-state index contributed by atoms with van der Waals surface area (Å²) in [6, 6.07) is 7.85. The third-order valence-electron chi connectivity index (χ3n) is 3.54. The number of rotatable bonds is 5. The predicted octanol–water partition coefficient (Wildman–Crippen LogP) is 4.49. The average molecular weight is 303 g/mol. The first kappa shape index (κ1) is 14.1. The van der Waals surface area contributed by atoms with Crippen LogP contribution in [0.4, 0.5) is 17.5 Å². The molecule has 1 fully saturated rings. The van der Waals surface area contributed by atoms with Crippen LogP contribution in [0, 0.1) is 6.92 Å². The molecule has 2 N–H and O–H groups in total. The highest BCUT2D eigenvalue weighted by Crippen LogP contribution is 2.40. The summed E-state index contributed by atoms with van der Waals surface area (Å²) in [5, 5.41) is 7.27. The Morgan fingerprint density at radius 3 is 2.76 bits per heavy atom. The molecule has 4 nitrogen and oxygen atoms in total. The smallest absolute Gasteiger partial charge is 0.224 e. The minimum absolute atomic E-state index is 0.589. The van der Waals surface area contributed by atoms with Gasteiger partial charge in [-0.15, -0.1) is 0 Å². The topological polar surface area (TPSA) is 49.8 Å². The van der Waals surface area contributed by atoms with E-state index >= 15 is 0 Å². The monoisotopic (exact) mass is 302 g/mol. The lowest BCUT2D eigenvalue weighted by Gasteiger charge is -2.12. The van der Waals surface area contributed by atoms with E-state index in [0.29, 0.717) is 16.9 Å². The number of hydrogen-bond acceptors (Lipinski definition) is 4. The molecule has 0 atom stereocenters. The van der Waals surface area contributed by atoms with Crippen molar-refractivity contribution in [2.24, 2.45) is 0 Å². The number of hydrogen-bond donors (Lipinski definition) is 2. The van der Waals surface area contributed by atoms with Gasteiger partial charge in [0.05, 0.1) is 5.69 Å². The van der Waals surface area contributed by atoms with E-state index in [0.717, 1.165) is 29.3 Å². The van der Waals surface area contributed by atoms with E-state index in [4.69, 9.17) is 11.6 Å². The Hall–Kier alpha value is -1.81. The van der Waals surface area contributed by atoms with Crippen molar-refractivity contribution < 1.29 is 0 Å². The van der Waals surface area contributed by atoms with Crippen LogP contribution < -0.4 is 10.6 Å². The van der Waals surface area contributed by atoms with Crippen molar-refractivity contribution in [3.8, 4) is 0 Å². The van der Waals surface area contributed by atoms with Crippen molar-refractivity contribution in [1.82, 2.24) is 9.97 Å². The maximum Gasteiger partial charge on any atom is 0.224 e. The van der Waals surface area contributed by atoms with Gasteiger partial charge in [-0.3, -0.25) is 0 Å². The summed E-state index contributed by atoms with van der Waals surface area (Å²) < 4.78 is 0. The van der Waals surface area contributed by atoms with Crippen molar-refractivity contribution in [1.29, 1.82) is 0 Å². The molecule has 0 radical (unpaired) electrons. The van der Waals surface area contributed by atoms with Crippen molar-refractivity contribution >= 4 is 29.1 Å². The lowest BCUT2D eigenvalue weighted by atomic mass is 10.2. The Morgan fingerprint density at radius 2 is 2.05 bits per heavy atom. The van der Waals surface area contributed by atoms with Gasteiger partial charge in [0, 0.05) is 29.2 Å². The molecule has 0 amide bonds. The Bertz CT molecular complexity index is 653. The zero-order chi connectivity index (χ0) is 14.8. The number of halogens is 1. The molecular formula is C16H19ClN4. The number of anilines is 3. The van der Waals surface area contributed by atoms with Crippen LogP contribution in [0.25, 0.3) is 0 Å². The standard InChI is InChI=1S/C16H19ClN4/c1-3-18-16-20-14(11-5-6-11)9-15(21-16)19-13-8-12(17)7-4-10(13)2/h4,7-9,11H,3,5-6H2,1-2H3,(H2,18,19,20,21). The van der Waals surface area contributed by atoms with Gasteiger partial charge in [-0.2, -0.15) is 4.98 Å². The normalized spacial score (nSPS) is 14.0. The first-order chi connectivity index (χ1) is 10.2. The van der Waals surface area contributed by atoms with Gasteiger partial charge in [-0.1, -0.05) is 17.7 Å². The Kier molecular flexibility index (Phi) is 3.97. The van der Waals surface area contributed by atoms with E-state index in [1.165, 1.54) is 12.8 Å². The summed E-state index contributed by atoms with van der Waals surface area (Å²) in [4.78, 5) is 9.10. The van der Waals surface area contributed by atoms with E-state index < -0.39 is 0 Å². The fraction of sp³-hybridized carbons (Fsp3) is 0.375. The van der Waals surface area contributed by atoms with Gasteiger partial charge in [-0.05, 0) is 44.4 Å². The third kappa shape index (κ3) is 3.45. The first-order valence-electron chi connectivity index (χ1n) is 7.31. The molecule has 0 saturated heterocycles. The molecule has 1 aliphatic rings. The van der Waals surface area contributed by atoms with Crippen molar-refractivity contribution in [3.05, 3.63) is 40.5 Å². The van der Waals surface area contributed by atoms with Crippen LogP contribution in [0.3, 0.4) is 0 Å². The Labute approximate surface area is 130 Å². The second kappa shape index (κ2) is 5.90. The van der Waals surface area contributed by atoms with Gasteiger partial charge in [0.15, 0.2) is 0 Å². The molecule has 0 spiro atoms. The van der Waals surface area contributed by atoms with Gasteiger partial charge in [0.1, 0.15) is 5.82 Å². The number of nitrogens with zero attached hydrogens (tertiary/aromatic N) is 2. The summed E-state index contributed by atoms with van der Waals surface area (Å²) in [6.45, 7) is 4.90. The molecule has 1 aliphatic carbocycles. The minimum atomic E-state index is 0.589. The van der Waals surface area contributed by atoms with Gasteiger partial charge < -0.3 is 10.6 Å². The third-order valence-corrected chi connectivity index (χ3v) is 3.77. The van der Waals surface area contributed by atoms with E-state index in [1.807, 2.05) is 38.1 Å². The molecular weight excluding hydrogens is 284 g/mol. The summed E-state index contributed by atoms with van der Waals surface area (Å²) in [5.41, 5.74) is 3.23. The van der Waals surface area contributed by atoms with Crippen LogP contribution in [0.5, 0.6) is 0 Å². The van der Waals surface area contributed by atoms with Crippen LogP contribution in [0.1, 0.15) is 36.9 Å². The molecule has 3 rings (SSSR count). The molecule has 0 bridgehead atoms. The Balaban J connectivity index is 1.91. The molecule has 1 saturated carbocycles. The minimum Gasteiger partial charge on any atom is -0.354 e. The lowest BCUT2D eigenvalue weighted by Crippen LogP contribution is -2.06. The highest BCUT2D eigenvalue weighted by atomic mass is 35.5. The maximum absolute atomic E-state index is 6.07. The first-order valence-corrected chi connectivity index (χ1v) is 7.69. The van der Waals surface area contributed by atoms with Gasteiger partial charge in [-0.25, -0.2) is 4.98 Å². The maximum atomic E-state index is 6.07. The molecule has 1 aromatic heterocycles. The fourth-order valence-electron chi connectivity index (χ4n) is 2.22. The van der Waals surface area contributed by atoms with E-state index in [1.54, 1.807) is 0 Å². The van der Waals surface area contributed by atoms with Gasteiger partial charge in [0.2, 0.25) is 5.95 Å². The fourth-order valence-corrected chi connectivity index (χ4v) is 2.39. The van der Waals surface area contributed by atoms with E-state index in [-0.39, 0.29) is 0 Å². The molecule has 1 heterocycles. The molecule has 2 aromatic rings. The van der Waals surface area contributed by atoms with Crippen LogP contribution in [0.2, 0.25) is 5.02 Å². The lowest BCUT2D eigenvalue weighted by molar-refractivity contribution is 0.977. The van der Waals surface area contributed by atoms with E-state index in [9.17, 15) is 0 Å². The van der Waals surface area contributed by atoms with Crippen LogP contribution >= 0.6 is 11.6 Å². The zero-order valence-corrected chi connectivity index (χ0v) is 13.0. The van der Waals surface area contributed by atoms with Crippen LogP contribution in [-0.2, 0) is 0 Å². The molecule has 21 heavy (non-hydrogen) atoms. The molecule has 110 valence electrons. The highest BCUT2D eigenvalue weighted by Gasteiger charge is 2.26. The summed E-state index contributed by atoms with van der Waals surface area (Å²) >= 11 is 6.07. The Morgan fingerprint density at radius 1 is 1.24 bits per heavy atom. The number of benzene rings is 1. The van der Waals surface area contributed by atoms with Crippen molar-refractivity contribution in [3.63, 3.8) is 0 Å². The second-order valence-electron chi connectivity index (χ2n) is 5.39. The summed E-state index contributed by atoms with van der Waals surface area (Å²) in [7, 11) is 0.